The second-order valence-corrected chi connectivity index (χ2v) is 6.51. The summed E-state index contributed by atoms with van der Waals surface area (Å²) in [7, 11) is 0. The molecule has 1 unspecified atom stereocenters. The predicted molar refractivity (Wildman–Crippen MR) is 88.2 cm³/mol. The zero-order valence-electron chi connectivity index (χ0n) is 11.7. The molecule has 1 saturated carbocycles. The summed E-state index contributed by atoms with van der Waals surface area (Å²) >= 11 is 3.46. The van der Waals surface area contributed by atoms with Crippen molar-refractivity contribution in [2.24, 2.45) is 5.73 Å². The molecule has 1 aliphatic rings. The summed E-state index contributed by atoms with van der Waals surface area (Å²) in [6.07, 6.45) is 3.93. The van der Waals surface area contributed by atoms with Crippen molar-refractivity contribution in [3.05, 3.63) is 34.3 Å². The monoisotopic (exact) mass is 360 g/mol. The van der Waals surface area contributed by atoms with Crippen molar-refractivity contribution in [2.45, 2.75) is 44.1 Å². The summed E-state index contributed by atoms with van der Waals surface area (Å²) in [5.74, 6) is 0.0541. The lowest BCUT2D eigenvalue weighted by atomic mass is 9.64. The van der Waals surface area contributed by atoms with E-state index in [0.29, 0.717) is 6.42 Å². The van der Waals surface area contributed by atoms with Gasteiger partial charge in [0.2, 0.25) is 5.91 Å². The number of carbonyl (C=O) groups excluding carboxylic acids is 1. The summed E-state index contributed by atoms with van der Waals surface area (Å²) in [5.41, 5.74) is 7.10. The summed E-state index contributed by atoms with van der Waals surface area (Å²) in [6, 6.07) is 8.37. The summed E-state index contributed by atoms with van der Waals surface area (Å²) in [6.45, 7) is 2.58. The van der Waals surface area contributed by atoms with E-state index in [1.807, 2.05) is 6.92 Å². The number of hydrogen-bond donors (Lipinski definition) is 2. The number of nitrogens with one attached hydrogen (secondary N) is 1. The van der Waals surface area contributed by atoms with E-state index in [1.54, 1.807) is 0 Å². The van der Waals surface area contributed by atoms with Crippen LogP contribution in [0.3, 0.4) is 0 Å². The van der Waals surface area contributed by atoms with Gasteiger partial charge in [-0.15, -0.1) is 12.4 Å². The maximum absolute atomic E-state index is 11.7. The largest absolute Gasteiger partial charge is 0.355 e. The lowest BCUT2D eigenvalue weighted by Crippen LogP contribution is -2.46. The molecule has 0 spiro atoms. The van der Waals surface area contributed by atoms with Gasteiger partial charge >= 0.3 is 0 Å². The van der Waals surface area contributed by atoms with Gasteiger partial charge in [0.25, 0.3) is 0 Å². The lowest BCUT2D eigenvalue weighted by Gasteiger charge is -2.42. The number of halogens is 2. The number of hydrogen-bond acceptors (Lipinski definition) is 2. The highest BCUT2D eigenvalue weighted by molar-refractivity contribution is 9.10. The summed E-state index contributed by atoms with van der Waals surface area (Å²) in [5, 5.41) is 3.04. The maximum atomic E-state index is 11.7. The summed E-state index contributed by atoms with van der Waals surface area (Å²) < 4.78 is 1.09. The fraction of sp³-hybridized carbons (Fsp3) is 0.533. The van der Waals surface area contributed by atoms with E-state index in [2.05, 4.69) is 45.5 Å². The second-order valence-electron chi connectivity index (χ2n) is 5.60. The van der Waals surface area contributed by atoms with Gasteiger partial charge in [0.1, 0.15) is 0 Å². The Balaban J connectivity index is 0.00000200. The molecule has 3 nitrogen and oxygen atoms in total. The van der Waals surface area contributed by atoms with Crippen LogP contribution in [0, 0.1) is 0 Å². The van der Waals surface area contributed by atoms with Crippen LogP contribution in [0.15, 0.2) is 28.7 Å². The molecule has 0 heterocycles. The van der Waals surface area contributed by atoms with Gasteiger partial charge in [0.15, 0.2) is 0 Å². The van der Waals surface area contributed by atoms with E-state index in [-0.39, 0.29) is 29.8 Å². The van der Waals surface area contributed by atoms with Gasteiger partial charge in [-0.2, -0.15) is 0 Å². The number of amides is 1. The zero-order valence-corrected chi connectivity index (χ0v) is 14.1. The molecular formula is C15H22BrClN2O. The van der Waals surface area contributed by atoms with Crippen LogP contribution in [0.1, 0.15) is 38.2 Å². The van der Waals surface area contributed by atoms with Gasteiger partial charge in [0.05, 0.1) is 0 Å². The molecule has 3 N–H and O–H groups in total. The normalized spacial score (nSPS) is 17.6. The maximum Gasteiger partial charge on any atom is 0.221 e. The van der Waals surface area contributed by atoms with Crippen LogP contribution in [-0.2, 0) is 10.2 Å². The molecule has 0 saturated heterocycles. The fourth-order valence-corrected chi connectivity index (χ4v) is 2.87. The van der Waals surface area contributed by atoms with Crippen molar-refractivity contribution in [2.75, 3.05) is 6.54 Å². The van der Waals surface area contributed by atoms with Crippen molar-refractivity contribution < 1.29 is 4.79 Å². The Hall–Kier alpha value is -0.580. The second kappa shape index (κ2) is 7.43. The van der Waals surface area contributed by atoms with Crippen molar-refractivity contribution in [1.82, 2.24) is 5.32 Å². The van der Waals surface area contributed by atoms with Crippen molar-refractivity contribution in [1.29, 1.82) is 0 Å². The average molecular weight is 362 g/mol. The Morgan fingerprint density at radius 3 is 2.45 bits per heavy atom. The highest BCUT2D eigenvalue weighted by Crippen LogP contribution is 2.43. The van der Waals surface area contributed by atoms with Crippen molar-refractivity contribution in [3.63, 3.8) is 0 Å². The van der Waals surface area contributed by atoms with Crippen molar-refractivity contribution >= 4 is 34.2 Å². The van der Waals surface area contributed by atoms with E-state index in [0.717, 1.165) is 23.9 Å². The molecule has 0 bridgehead atoms. The highest BCUT2D eigenvalue weighted by Gasteiger charge is 2.38. The highest BCUT2D eigenvalue weighted by atomic mass is 79.9. The first-order valence-electron chi connectivity index (χ1n) is 6.80. The minimum absolute atomic E-state index is 0. The van der Waals surface area contributed by atoms with E-state index in [1.165, 1.54) is 12.0 Å². The fourth-order valence-electron chi connectivity index (χ4n) is 2.61. The van der Waals surface area contributed by atoms with Gasteiger partial charge in [-0.25, -0.2) is 0 Å². The van der Waals surface area contributed by atoms with E-state index in [4.69, 9.17) is 5.73 Å². The van der Waals surface area contributed by atoms with Crippen LogP contribution in [0.5, 0.6) is 0 Å². The molecule has 1 aliphatic carbocycles. The average Bonchev–Trinajstić information content (AvgIpc) is 2.29. The Bertz CT molecular complexity index is 444. The van der Waals surface area contributed by atoms with Crippen molar-refractivity contribution in [3.8, 4) is 0 Å². The number of carbonyl (C=O) groups is 1. The van der Waals surface area contributed by atoms with Gasteiger partial charge in [-0.05, 0) is 37.5 Å². The summed E-state index contributed by atoms with van der Waals surface area (Å²) in [4.78, 5) is 11.7. The van der Waals surface area contributed by atoms with E-state index >= 15 is 0 Å². The third-order valence-electron chi connectivity index (χ3n) is 3.90. The van der Waals surface area contributed by atoms with Gasteiger partial charge in [-0.1, -0.05) is 34.5 Å². The standard InChI is InChI=1S/C15H21BrN2O.ClH/c1-11(17)9-14(19)18-10-15(7-2-8-15)12-3-5-13(16)6-4-12;/h3-6,11H,2,7-10,17H2,1H3,(H,18,19);1H. The molecule has 1 aromatic rings. The Labute approximate surface area is 135 Å². The van der Waals surface area contributed by atoms with Gasteiger partial charge in [-0.3, -0.25) is 4.79 Å². The molecule has 1 amide bonds. The van der Waals surface area contributed by atoms with Crippen LogP contribution in [0.4, 0.5) is 0 Å². The molecule has 0 aromatic heterocycles. The predicted octanol–water partition coefficient (Wildman–Crippen LogP) is 3.15. The van der Waals surface area contributed by atoms with Crippen LogP contribution in [0.2, 0.25) is 0 Å². The van der Waals surface area contributed by atoms with Crippen LogP contribution >= 0.6 is 28.3 Å². The van der Waals surface area contributed by atoms with Gasteiger partial charge in [0, 0.05) is 28.9 Å². The lowest BCUT2D eigenvalue weighted by molar-refractivity contribution is -0.121. The van der Waals surface area contributed by atoms with E-state index in [9.17, 15) is 4.79 Å². The number of rotatable bonds is 5. The Morgan fingerprint density at radius 2 is 2.00 bits per heavy atom. The minimum atomic E-state index is -0.0787. The molecule has 0 aliphatic heterocycles. The third kappa shape index (κ3) is 4.21. The molecule has 1 aromatic carbocycles. The number of nitrogens with two attached hydrogens (primary N) is 1. The topological polar surface area (TPSA) is 55.1 Å². The molecule has 0 radical (unpaired) electrons. The molecule has 5 heteroatoms. The smallest absolute Gasteiger partial charge is 0.221 e. The molecule has 1 atom stereocenters. The molecule has 2 rings (SSSR count). The SMILES string of the molecule is CC(N)CC(=O)NCC1(c2ccc(Br)cc2)CCC1.Cl. The quantitative estimate of drug-likeness (QED) is 0.846. The zero-order chi connectivity index (χ0) is 13.9. The molecule has 1 fully saturated rings. The van der Waals surface area contributed by atoms with Crippen LogP contribution in [-0.4, -0.2) is 18.5 Å². The van der Waals surface area contributed by atoms with Crippen LogP contribution in [0.25, 0.3) is 0 Å². The molecular weight excluding hydrogens is 340 g/mol. The first kappa shape index (κ1) is 17.5. The molecule has 112 valence electrons. The number of benzene rings is 1. The van der Waals surface area contributed by atoms with Crippen LogP contribution < -0.4 is 11.1 Å². The minimum Gasteiger partial charge on any atom is -0.355 e. The first-order valence-corrected chi connectivity index (χ1v) is 7.59. The Kier molecular flexibility index (Phi) is 6.49. The Morgan fingerprint density at radius 1 is 1.40 bits per heavy atom. The molecule has 20 heavy (non-hydrogen) atoms. The van der Waals surface area contributed by atoms with Gasteiger partial charge < -0.3 is 11.1 Å². The first-order chi connectivity index (χ1) is 9.02. The van der Waals surface area contributed by atoms with E-state index < -0.39 is 0 Å². The third-order valence-corrected chi connectivity index (χ3v) is 4.43.